The van der Waals surface area contributed by atoms with Gasteiger partial charge in [0, 0.05) is 23.7 Å². The van der Waals surface area contributed by atoms with E-state index in [1.807, 2.05) is 6.07 Å². The van der Waals surface area contributed by atoms with Gasteiger partial charge in [-0.25, -0.2) is 0 Å². The summed E-state index contributed by atoms with van der Waals surface area (Å²) < 4.78 is 29.1. The standard InChI is InChI=1S/C22H18F2NO2P/c1-13(26)25-16-9-6-14(7-10-16)15-8-11-18-17-4-2-3-5-19(17)21(27,20(18)12-15)22(23,24)28/h2-12,27H,28H2,1H3,(H,25,26). The number of hydrogen-bond acceptors (Lipinski definition) is 2. The molecule has 4 rings (SSSR count). The van der Waals surface area contributed by atoms with Crippen LogP contribution in [0, 0.1) is 0 Å². The summed E-state index contributed by atoms with van der Waals surface area (Å²) in [7, 11) is 1.48. The van der Waals surface area contributed by atoms with E-state index >= 15 is 0 Å². The molecule has 3 aromatic rings. The van der Waals surface area contributed by atoms with Gasteiger partial charge in [0.15, 0.2) is 5.60 Å². The maximum Gasteiger partial charge on any atom is 0.295 e. The van der Waals surface area contributed by atoms with Crippen molar-refractivity contribution in [2.75, 3.05) is 5.32 Å². The Hall–Kier alpha value is -2.62. The van der Waals surface area contributed by atoms with Crippen LogP contribution in [0.3, 0.4) is 0 Å². The van der Waals surface area contributed by atoms with Gasteiger partial charge in [-0.2, -0.15) is 8.78 Å². The highest BCUT2D eigenvalue weighted by molar-refractivity contribution is 7.18. The van der Waals surface area contributed by atoms with Gasteiger partial charge < -0.3 is 10.4 Å². The second-order valence-corrected chi connectivity index (χ2v) is 7.62. The molecule has 0 saturated carbocycles. The second kappa shape index (κ2) is 6.47. The molecule has 1 amide bonds. The monoisotopic (exact) mass is 397 g/mol. The fourth-order valence-electron chi connectivity index (χ4n) is 3.74. The quantitative estimate of drug-likeness (QED) is 0.612. The maximum absolute atomic E-state index is 14.6. The van der Waals surface area contributed by atoms with Gasteiger partial charge in [-0.15, -0.1) is 0 Å². The number of alkyl halides is 2. The molecular formula is C22H18F2NO2P. The minimum absolute atomic E-state index is 0.171. The third-order valence-electron chi connectivity index (χ3n) is 5.04. The Morgan fingerprint density at radius 3 is 2.21 bits per heavy atom. The maximum atomic E-state index is 14.6. The lowest BCUT2D eigenvalue weighted by atomic mass is 9.89. The molecular weight excluding hydrogens is 379 g/mol. The normalized spacial score (nSPS) is 17.8. The average molecular weight is 397 g/mol. The third-order valence-corrected chi connectivity index (χ3v) is 5.46. The third kappa shape index (κ3) is 2.83. The van der Waals surface area contributed by atoms with Crippen molar-refractivity contribution < 1.29 is 18.7 Å². The first-order chi connectivity index (χ1) is 13.2. The van der Waals surface area contributed by atoms with Crippen molar-refractivity contribution in [3.05, 3.63) is 77.9 Å². The lowest BCUT2D eigenvalue weighted by molar-refractivity contribution is -0.114. The Bertz CT molecular complexity index is 1080. The van der Waals surface area contributed by atoms with Crippen molar-refractivity contribution in [1.29, 1.82) is 0 Å². The number of benzene rings is 3. The van der Waals surface area contributed by atoms with Crippen molar-refractivity contribution in [3.63, 3.8) is 0 Å². The molecule has 0 fully saturated rings. The number of nitrogens with one attached hydrogen (secondary N) is 1. The van der Waals surface area contributed by atoms with Crippen LogP contribution in [0.15, 0.2) is 66.7 Å². The van der Waals surface area contributed by atoms with E-state index in [2.05, 4.69) is 5.32 Å². The smallest absolute Gasteiger partial charge is 0.295 e. The zero-order chi connectivity index (χ0) is 20.1. The Balaban J connectivity index is 1.84. The van der Waals surface area contributed by atoms with Crippen LogP contribution >= 0.6 is 9.24 Å². The summed E-state index contributed by atoms with van der Waals surface area (Å²) in [6.07, 6.45) is 0. The Morgan fingerprint density at radius 1 is 0.964 bits per heavy atom. The molecule has 28 heavy (non-hydrogen) atoms. The number of amides is 1. The topological polar surface area (TPSA) is 49.3 Å². The summed E-state index contributed by atoms with van der Waals surface area (Å²) in [5.74, 6) is -0.171. The van der Waals surface area contributed by atoms with Crippen molar-refractivity contribution in [1.82, 2.24) is 0 Å². The van der Waals surface area contributed by atoms with Gasteiger partial charge in [0.25, 0.3) is 5.66 Å². The fraction of sp³-hybridized carbons (Fsp3) is 0.136. The van der Waals surface area contributed by atoms with Crippen LogP contribution in [0.2, 0.25) is 0 Å². The van der Waals surface area contributed by atoms with Crippen LogP contribution in [0.25, 0.3) is 22.3 Å². The lowest BCUT2D eigenvalue weighted by Crippen LogP contribution is -2.40. The number of halogens is 2. The molecule has 6 heteroatoms. The fourth-order valence-corrected chi connectivity index (χ4v) is 4.06. The molecule has 3 nitrogen and oxygen atoms in total. The number of hydrogen-bond donors (Lipinski definition) is 2. The predicted molar refractivity (Wildman–Crippen MR) is 109 cm³/mol. The van der Waals surface area contributed by atoms with Crippen LogP contribution in [0.1, 0.15) is 18.1 Å². The molecule has 142 valence electrons. The molecule has 0 saturated heterocycles. The molecule has 0 heterocycles. The molecule has 1 aliphatic rings. The highest BCUT2D eigenvalue weighted by Gasteiger charge is 2.56. The molecule has 0 spiro atoms. The number of fused-ring (bicyclic) bond motifs is 3. The Morgan fingerprint density at radius 2 is 1.57 bits per heavy atom. The molecule has 3 aromatic carbocycles. The first kappa shape index (κ1) is 18.7. The first-order valence-corrected chi connectivity index (χ1v) is 9.31. The summed E-state index contributed by atoms with van der Waals surface area (Å²) in [6, 6.07) is 19.0. The van der Waals surface area contributed by atoms with E-state index < -0.39 is 11.3 Å². The Kier molecular flexibility index (Phi) is 4.33. The molecule has 0 bridgehead atoms. The van der Waals surface area contributed by atoms with Gasteiger partial charge >= 0.3 is 0 Å². The van der Waals surface area contributed by atoms with Crippen LogP contribution in [-0.2, 0) is 10.4 Å². The van der Waals surface area contributed by atoms with Gasteiger partial charge in [-0.1, -0.05) is 57.8 Å². The van der Waals surface area contributed by atoms with E-state index in [0.29, 0.717) is 22.4 Å². The molecule has 2 unspecified atom stereocenters. The first-order valence-electron chi connectivity index (χ1n) is 8.73. The largest absolute Gasteiger partial charge is 0.374 e. The molecule has 1 aliphatic carbocycles. The van der Waals surface area contributed by atoms with E-state index in [4.69, 9.17) is 0 Å². The van der Waals surface area contributed by atoms with Gasteiger partial charge in [0.05, 0.1) is 0 Å². The number of rotatable bonds is 3. The zero-order valence-electron chi connectivity index (χ0n) is 15.0. The lowest BCUT2D eigenvalue weighted by Gasteiger charge is -2.31. The van der Waals surface area contributed by atoms with Crippen molar-refractivity contribution in [3.8, 4) is 22.3 Å². The minimum atomic E-state index is -3.44. The second-order valence-electron chi connectivity index (χ2n) is 6.90. The molecule has 0 aliphatic heterocycles. The summed E-state index contributed by atoms with van der Waals surface area (Å²) >= 11 is 0. The van der Waals surface area contributed by atoms with Crippen LogP contribution in [-0.4, -0.2) is 16.7 Å². The van der Waals surface area contributed by atoms with E-state index in [1.54, 1.807) is 54.6 Å². The van der Waals surface area contributed by atoms with Crippen molar-refractivity contribution in [2.45, 2.75) is 18.2 Å². The zero-order valence-corrected chi connectivity index (χ0v) is 16.2. The van der Waals surface area contributed by atoms with E-state index in [0.717, 1.165) is 5.56 Å². The molecule has 0 aromatic heterocycles. The number of carbonyl (C=O) groups is 1. The summed E-state index contributed by atoms with van der Waals surface area (Å²) in [6.45, 7) is 1.43. The van der Waals surface area contributed by atoms with Crippen LogP contribution in [0.5, 0.6) is 0 Å². The molecule has 2 N–H and O–H groups in total. The predicted octanol–water partition coefficient (Wildman–Crippen LogP) is 5.00. The molecule has 2 atom stereocenters. The van der Waals surface area contributed by atoms with Crippen molar-refractivity contribution in [2.24, 2.45) is 0 Å². The van der Waals surface area contributed by atoms with Gasteiger partial charge in [-0.05, 0) is 40.5 Å². The number of aliphatic hydroxyl groups is 1. The van der Waals surface area contributed by atoms with E-state index in [9.17, 15) is 18.7 Å². The highest BCUT2D eigenvalue weighted by atomic mass is 31.0. The summed E-state index contributed by atoms with van der Waals surface area (Å²) in [5.41, 5.74) is -2.14. The number of anilines is 1. The Labute approximate surface area is 163 Å². The van der Waals surface area contributed by atoms with E-state index in [-0.39, 0.29) is 17.0 Å². The summed E-state index contributed by atoms with van der Waals surface area (Å²) in [4.78, 5) is 11.2. The number of carbonyl (C=O) groups excluding carboxylic acids is 1. The van der Waals surface area contributed by atoms with Gasteiger partial charge in [-0.3, -0.25) is 4.79 Å². The van der Waals surface area contributed by atoms with Crippen LogP contribution in [0.4, 0.5) is 14.5 Å². The minimum Gasteiger partial charge on any atom is -0.374 e. The van der Waals surface area contributed by atoms with E-state index in [1.165, 1.54) is 22.2 Å². The SMILES string of the molecule is CC(=O)Nc1ccc(-c2ccc3c(c2)C(O)(C(F)(F)P)c2ccccc2-3)cc1. The van der Waals surface area contributed by atoms with Gasteiger partial charge in [0.2, 0.25) is 5.91 Å². The molecule has 0 radical (unpaired) electrons. The summed E-state index contributed by atoms with van der Waals surface area (Å²) in [5, 5.41) is 13.8. The van der Waals surface area contributed by atoms with Crippen LogP contribution < -0.4 is 5.32 Å². The van der Waals surface area contributed by atoms with Gasteiger partial charge in [0.1, 0.15) is 0 Å². The average Bonchev–Trinajstić information content (AvgIpc) is 2.92. The van der Waals surface area contributed by atoms with Crippen molar-refractivity contribution >= 4 is 20.8 Å². The highest BCUT2D eigenvalue weighted by Crippen LogP contribution is 2.57.